The fourth-order valence-electron chi connectivity index (χ4n) is 2.76. The van der Waals surface area contributed by atoms with E-state index in [1.807, 2.05) is 12.1 Å². The van der Waals surface area contributed by atoms with Gasteiger partial charge in [-0.1, -0.05) is 69.7 Å². The summed E-state index contributed by atoms with van der Waals surface area (Å²) >= 11 is 0. The highest BCUT2D eigenvalue weighted by molar-refractivity contribution is 5.62. The van der Waals surface area contributed by atoms with Gasteiger partial charge in [0.1, 0.15) is 5.75 Å². The SMILES string of the molecule is CC(=O)O.CCCCCCC=CCCCCCCCc1cccc(O)c1. The first-order chi connectivity index (χ1) is 12.6. The Morgan fingerprint density at radius 3 is 2.04 bits per heavy atom. The quantitative estimate of drug-likeness (QED) is 0.296. The van der Waals surface area contributed by atoms with Crippen molar-refractivity contribution in [2.45, 2.75) is 90.9 Å². The van der Waals surface area contributed by atoms with Crippen molar-refractivity contribution in [1.82, 2.24) is 0 Å². The van der Waals surface area contributed by atoms with Gasteiger partial charge in [0.05, 0.1) is 0 Å². The molecule has 0 aliphatic heterocycles. The predicted molar refractivity (Wildman–Crippen MR) is 111 cm³/mol. The molecule has 0 heterocycles. The summed E-state index contributed by atoms with van der Waals surface area (Å²) in [6.07, 6.45) is 20.4. The van der Waals surface area contributed by atoms with E-state index in [0.717, 1.165) is 13.3 Å². The van der Waals surface area contributed by atoms with E-state index in [1.165, 1.54) is 76.2 Å². The van der Waals surface area contributed by atoms with Crippen molar-refractivity contribution in [3.8, 4) is 5.75 Å². The lowest BCUT2D eigenvalue weighted by Gasteiger charge is -2.02. The fraction of sp³-hybridized carbons (Fsp3) is 0.609. The van der Waals surface area contributed by atoms with Crippen molar-refractivity contribution in [2.24, 2.45) is 0 Å². The first-order valence-electron chi connectivity index (χ1n) is 10.2. The standard InChI is InChI=1S/C21H34O.C2H4O2/c1-2-3-4-5-6-7-8-9-10-11-12-13-14-16-20-17-15-18-21(22)19-20;1-2(3)4/h7-8,15,17-19,22H,2-6,9-14,16H2,1H3;1H3,(H,3,4). The third-order valence-corrected chi connectivity index (χ3v) is 4.14. The Kier molecular flexibility index (Phi) is 16.8. The smallest absolute Gasteiger partial charge is 0.300 e. The van der Waals surface area contributed by atoms with Crippen LogP contribution >= 0.6 is 0 Å². The average molecular weight is 363 g/mol. The molecular weight excluding hydrogens is 324 g/mol. The van der Waals surface area contributed by atoms with Gasteiger partial charge < -0.3 is 10.2 Å². The number of carboxylic acids is 1. The molecule has 0 aromatic heterocycles. The van der Waals surface area contributed by atoms with Gasteiger partial charge in [-0.25, -0.2) is 0 Å². The molecule has 0 unspecified atom stereocenters. The summed E-state index contributed by atoms with van der Waals surface area (Å²) < 4.78 is 0. The van der Waals surface area contributed by atoms with E-state index in [-0.39, 0.29) is 0 Å². The van der Waals surface area contributed by atoms with Crippen LogP contribution in [0, 0.1) is 0 Å². The maximum absolute atomic E-state index is 9.41. The number of aromatic hydroxyl groups is 1. The molecule has 26 heavy (non-hydrogen) atoms. The van der Waals surface area contributed by atoms with Crippen LogP contribution in [0.2, 0.25) is 0 Å². The first kappa shape index (κ1) is 24.2. The van der Waals surface area contributed by atoms with Gasteiger partial charge in [-0.15, -0.1) is 0 Å². The van der Waals surface area contributed by atoms with Crippen LogP contribution in [0.3, 0.4) is 0 Å². The number of carbonyl (C=O) groups is 1. The number of unbranched alkanes of at least 4 members (excludes halogenated alkanes) is 9. The van der Waals surface area contributed by atoms with Crippen LogP contribution in [0.1, 0.15) is 90.0 Å². The highest BCUT2D eigenvalue weighted by Crippen LogP contribution is 2.14. The Morgan fingerprint density at radius 1 is 0.923 bits per heavy atom. The first-order valence-corrected chi connectivity index (χ1v) is 10.2. The Hall–Kier alpha value is -1.77. The van der Waals surface area contributed by atoms with Gasteiger partial charge in [0.15, 0.2) is 0 Å². The van der Waals surface area contributed by atoms with Crippen LogP contribution < -0.4 is 0 Å². The molecule has 0 saturated heterocycles. The summed E-state index contributed by atoms with van der Waals surface area (Å²) in [5.41, 5.74) is 1.26. The van der Waals surface area contributed by atoms with Crippen molar-refractivity contribution in [1.29, 1.82) is 0 Å². The number of phenolic OH excluding ortho intramolecular Hbond substituents is 1. The summed E-state index contributed by atoms with van der Waals surface area (Å²) in [5.74, 6) is -0.445. The zero-order valence-corrected chi connectivity index (χ0v) is 16.8. The lowest BCUT2D eigenvalue weighted by Crippen LogP contribution is -1.86. The number of hydrogen-bond acceptors (Lipinski definition) is 2. The second-order valence-corrected chi connectivity index (χ2v) is 6.82. The molecule has 1 aromatic rings. The van der Waals surface area contributed by atoms with Crippen LogP contribution in [-0.2, 0) is 11.2 Å². The van der Waals surface area contributed by atoms with Crippen LogP contribution in [0.4, 0.5) is 0 Å². The Bertz CT molecular complexity index is 476. The van der Waals surface area contributed by atoms with E-state index in [4.69, 9.17) is 9.90 Å². The number of hydrogen-bond donors (Lipinski definition) is 2. The number of aliphatic carboxylic acids is 1. The molecule has 0 amide bonds. The monoisotopic (exact) mass is 362 g/mol. The second-order valence-electron chi connectivity index (χ2n) is 6.82. The normalized spacial score (nSPS) is 10.5. The van der Waals surface area contributed by atoms with Gasteiger partial charge in [0.2, 0.25) is 0 Å². The van der Waals surface area contributed by atoms with Gasteiger partial charge in [0.25, 0.3) is 5.97 Å². The maximum Gasteiger partial charge on any atom is 0.300 e. The molecular formula is C23H38O3. The fourth-order valence-corrected chi connectivity index (χ4v) is 2.76. The molecule has 0 aliphatic carbocycles. The van der Waals surface area contributed by atoms with E-state index in [9.17, 15) is 5.11 Å². The molecule has 1 aromatic carbocycles. The van der Waals surface area contributed by atoms with Crippen molar-refractivity contribution in [3.05, 3.63) is 42.0 Å². The molecule has 1 rings (SSSR count). The van der Waals surface area contributed by atoms with Gasteiger partial charge in [-0.3, -0.25) is 4.79 Å². The summed E-state index contributed by atoms with van der Waals surface area (Å²) in [6.45, 7) is 3.35. The third-order valence-electron chi connectivity index (χ3n) is 4.14. The minimum absolute atomic E-state index is 0.388. The minimum Gasteiger partial charge on any atom is -0.508 e. The van der Waals surface area contributed by atoms with Crippen LogP contribution in [0.25, 0.3) is 0 Å². The molecule has 148 valence electrons. The summed E-state index contributed by atoms with van der Waals surface area (Å²) in [5, 5.41) is 16.8. The molecule has 0 fully saturated rings. The van der Waals surface area contributed by atoms with E-state index >= 15 is 0 Å². The van der Waals surface area contributed by atoms with Crippen LogP contribution in [0.5, 0.6) is 5.75 Å². The molecule has 0 atom stereocenters. The topological polar surface area (TPSA) is 57.5 Å². The summed E-state index contributed by atoms with van der Waals surface area (Å²) in [4.78, 5) is 9.00. The van der Waals surface area contributed by atoms with E-state index in [0.29, 0.717) is 5.75 Å². The number of aryl methyl sites for hydroxylation is 1. The van der Waals surface area contributed by atoms with Crippen molar-refractivity contribution in [2.75, 3.05) is 0 Å². The summed E-state index contributed by atoms with van der Waals surface area (Å²) in [7, 11) is 0. The van der Waals surface area contributed by atoms with Gasteiger partial charge in [-0.05, 0) is 56.2 Å². The van der Waals surface area contributed by atoms with Gasteiger partial charge in [-0.2, -0.15) is 0 Å². The van der Waals surface area contributed by atoms with E-state index in [1.54, 1.807) is 6.07 Å². The molecule has 0 radical (unpaired) electrons. The van der Waals surface area contributed by atoms with Crippen molar-refractivity contribution >= 4 is 5.97 Å². The zero-order valence-electron chi connectivity index (χ0n) is 16.8. The number of phenols is 1. The second kappa shape index (κ2) is 18.0. The lowest BCUT2D eigenvalue weighted by molar-refractivity contribution is -0.134. The van der Waals surface area contributed by atoms with Crippen LogP contribution in [0.15, 0.2) is 36.4 Å². The zero-order chi connectivity index (χ0) is 19.5. The summed E-state index contributed by atoms with van der Waals surface area (Å²) in [6, 6.07) is 7.65. The lowest BCUT2D eigenvalue weighted by atomic mass is 10.0. The highest BCUT2D eigenvalue weighted by atomic mass is 16.4. The Balaban J connectivity index is 0.00000141. The number of benzene rings is 1. The van der Waals surface area contributed by atoms with Crippen molar-refractivity contribution < 1.29 is 15.0 Å². The third kappa shape index (κ3) is 18.6. The highest BCUT2D eigenvalue weighted by Gasteiger charge is 1.95. The molecule has 3 heteroatoms. The number of rotatable bonds is 13. The average Bonchev–Trinajstić information content (AvgIpc) is 2.58. The maximum atomic E-state index is 9.41. The van der Waals surface area contributed by atoms with E-state index < -0.39 is 5.97 Å². The minimum atomic E-state index is -0.833. The predicted octanol–water partition coefficient (Wildman–Crippen LogP) is 6.89. The largest absolute Gasteiger partial charge is 0.508 e. The van der Waals surface area contributed by atoms with E-state index in [2.05, 4.69) is 25.1 Å². The van der Waals surface area contributed by atoms with Crippen LogP contribution in [-0.4, -0.2) is 16.2 Å². The van der Waals surface area contributed by atoms with Gasteiger partial charge in [0, 0.05) is 6.92 Å². The van der Waals surface area contributed by atoms with Gasteiger partial charge >= 0.3 is 0 Å². The molecule has 0 aliphatic rings. The number of allylic oxidation sites excluding steroid dienone is 2. The molecule has 0 bridgehead atoms. The molecule has 0 spiro atoms. The van der Waals surface area contributed by atoms with Crippen molar-refractivity contribution in [3.63, 3.8) is 0 Å². The molecule has 0 saturated carbocycles. The Labute approximate surface area is 160 Å². The molecule has 2 N–H and O–H groups in total. The Morgan fingerprint density at radius 2 is 1.46 bits per heavy atom. The molecule has 3 nitrogen and oxygen atoms in total. The number of carboxylic acid groups (broad SMARTS) is 1.